The van der Waals surface area contributed by atoms with Gasteiger partial charge in [0.25, 0.3) is 0 Å². The quantitative estimate of drug-likeness (QED) is 0.323. The van der Waals surface area contributed by atoms with Gasteiger partial charge in [-0.25, -0.2) is 8.42 Å². The molecule has 1 heterocycles. The number of halogens is 4. The minimum absolute atomic E-state index is 0. The summed E-state index contributed by atoms with van der Waals surface area (Å²) in [5.41, 5.74) is -5.24. The highest BCUT2D eigenvalue weighted by Gasteiger charge is 2.50. The molecule has 1 aliphatic heterocycles. The van der Waals surface area contributed by atoms with Gasteiger partial charge in [0.2, 0.25) is 0 Å². The summed E-state index contributed by atoms with van der Waals surface area (Å²) in [6.45, 7) is 4.19. The van der Waals surface area contributed by atoms with E-state index in [1.165, 1.54) is 0 Å². The summed E-state index contributed by atoms with van der Waals surface area (Å²) >= 11 is 0. The molecule has 0 aromatic rings. The predicted molar refractivity (Wildman–Crippen MR) is 103 cm³/mol. The van der Waals surface area contributed by atoms with Crippen LogP contribution in [0.1, 0.15) is 19.8 Å². The molecule has 0 aromatic heterocycles. The Balaban J connectivity index is 0.00000576. The average Bonchev–Trinajstić information content (AvgIpc) is 2.53. The van der Waals surface area contributed by atoms with Gasteiger partial charge in [0.1, 0.15) is 0 Å². The highest BCUT2D eigenvalue weighted by Crippen LogP contribution is 2.28. The second-order valence-electron chi connectivity index (χ2n) is 5.66. The van der Waals surface area contributed by atoms with Gasteiger partial charge in [-0.15, -0.1) is 24.0 Å². The van der Waals surface area contributed by atoms with Crippen LogP contribution in [0.5, 0.6) is 0 Å². The van der Waals surface area contributed by atoms with Crippen LogP contribution >= 0.6 is 24.0 Å². The van der Waals surface area contributed by atoms with Gasteiger partial charge >= 0.3 is 15.5 Å². The van der Waals surface area contributed by atoms with Gasteiger partial charge in [-0.05, 0) is 26.4 Å². The van der Waals surface area contributed by atoms with Crippen LogP contribution < -0.4 is 10.6 Å². The van der Waals surface area contributed by atoms with Crippen molar-refractivity contribution in [1.82, 2.24) is 19.8 Å². The number of nitrogens with zero attached hydrogens (tertiary/aromatic N) is 3. The van der Waals surface area contributed by atoms with E-state index in [0.29, 0.717) is 29.7 Å². The number of likely N-dealkylation sites (N-methyl/N-ethyl adjacent to an activating group) is 1. The lowest BCUT2D eigenvalue weighted by Gasteiger charge is -2.32. The van der Waals surface area contributed by atoms with Gasteiger partial charge in [0.05, 0.1) is 0 Å². The molecule has 0 aliphatic carbocycles. The summed E-state index contributed by atoms with van der Waals surface area (Å²) in [6.07, 6.45) is 0.593. The smallest absolute Gasteiger partial charge is 0.355 e. The van der Waals surface area contributed by atoms with Crippen molar-refractivity contribution in [3.8, 4) is 0 Å². The van der Waals surface area contributed by atoms with E-state index in [1.807, 2.05) is 7.05 Å². The van der Waals surface area contributed by atoms with Crippen LogP contribution in [0.25, 0.3) is 0 Å². The molecular weight excluding hydrogens is 474 g/mol. The summed E-state index contributed by atoms with van der Waals surface area (Å²) < 4.78 is 60.8. The molecule has 0 spiro atoms. The van der Waals surface area contributed by atoms with Crippen molar-refractivity contribution < 1.29 is 21.6 Å². The third-order valence-corrected chi connectivity index (χ3v) is 5.61. The molecule has 150 valence electrons. The lowest BCUT2D eigenvalue weighted by molar-refractivity contribution is -0.0494. The number of piperidine rings is 1. The summed E-state index contributed by atoms with van der Waals surface area (Å²) in [5.74, 6) is 0.566. The van der Waals surface area contributed by atoms with Crippen molar-refractivity contribution in [2.75, 3.05) is 46.8 Å². The number of rotatable bonds is 6. The van der Waals surface area contributed by atoms with E-state index in [1.54, 1.807) is 7.05 Å². The van der Waals surface area contributed by atoms with Crippen molar-refractivity contribution in [3.63, 3.8) is 0 Å². The highest BCUT2D eigenvalue weighted by molar-refractivity contribution is 14.0. The zero-order valence-electron chi connectivity index (χ0n) is 14.6. The first-order valence-electron chi connectivity index (χ1n) is 7.84. The fraction of sp³-hybridized carbons (Fsp3) is 0.923. The Morgan fingerprint density at radius 1 is 1.32 bits per heavy atom. The van der Waals surface area contributed by atoms with E-state index in [9.17, 15) is 21.6 Å². The first kappa shape index (κ1) is 24.7. The summed E-state index contributed by atoms with van der Waals surface area (Å²) in [6, 6.07) is -0.111. The zero-order valence-corrected chi connectivity index (χ0v) is 17.8. The molecular formula is C13H27F3IN5O2S. The molecule has 12 heteroatoms. The number of hydrogen-bond acceptors (Lipinski definition) is 4. The van der Waals surface area contributed by atoms with Crippen LogP contribution in [0.15, 0.2) is 4.99 Å². The van der Waals surface area contributed by atoms with E-state index in [2.05, 4.69) is 27.4 Å². The number of nitrogens with one attached hydrogen (secondary N) is 2. The lowest BCUT2D eigenvalue weighted by atomic mass is 10.1. The highest BCUT2D eigenvalue weighted by atomic mass is 127. The van der Waals surface area contributed by atoms with Crippen molar-refractivity contribution in [2.45, 2.75) is 31.3 Å². The topological polar surface area (TPSA) is 77.0 Å². The number of alkyl halides is 3. The van der Waals surface area contributed by atoms with Crippen molar-refractivity contribution in [1.29, 1.82) is 0 Å². The summed E-state index contributed by atoms with van der Waals surface area (Å²) in [7, 11) is -1.62. The number of sulfonamides is 1. The van der Waals surface area contributed by atoms with Crippen molar-refractivity contribution in [2.24, 2.45) is 4.99 Å². The Kier molecular flexibility index (Phi) is 10.6. The minimum atomic E-state index is -5.24. The van der Waals surface area contributed by atoms with Gasteiger partial charge in [-0.1, -0.05) is 6.92 Å². The van der Waals surface area contributed by atoms with E-state index in [-0.39, 0.29) is 43.1 Å². The molecule has 2 N–H and O–H groups in total. The fourth-order valence-corrected chi connectivity index (χ4v) is 3.28. The number of hydrogen-bond donors (Lipinski definition) is 2. The molecule has 7 nitrogen and oxygen atoms in total. The molecule has 0 saturated carbocycles. The standard InChI is InChI=1S/C13H26F3N5O2S.HI/c1-4-20(3)10-7-18-12(17-2)19-11-5-8-21(9-6-11)24(22,23)13(14,15)16;/h11H,4-10H2,1-3H3,(H2,17,18,19);1H. The van der Waals surface area contributed by atoms with Crippen LogP contribution in [0.2, 0.25) is 0 Å². The van der Waals surface area contributed by atoms with Crippen LogP contribution in [-0.2, 0) is 10.0 Å². The molecule has 0 bridgehead atoms. The van der Waals surface area contributed by atoms with Gasteiger partial charge < -0.3 is 15.5 Å². The van der Waals surface area contributed by atoms with Crippen molar-refractivity contribution in [3.05, 3.63) is 0 Å². The summed E-state index contributed by atoms with van der Waals surface area (Å²) in [4.78, 5) is 6.20. The maximum Gasteiger partial charge on any atom is 0.511 e. The van der Waals surface area contributed by atoms with E-state index in [4.69, 9.17) is 0 Å². The SMILES string of the molecule is CCN(C)CCNC(=NC)NC1CCN(S(=O)(=O)C(F)(F)F)CC1.I. The number of aliphatic imine (C=N–C) groups is 1. The molecule has 1 aliphatic rings. The Bertz CT molecular complexity index is 522. The second kappa shape index (κ2) is 10.7. The van der Waals surface area contributed by atoms with Crippen LogP contribution in [0.3, 0.4) is 0 Å². The Hall–Kier alpha value is -0.340. The zero-order chi connectivity index (χ0) is 18.4. The van der Waals surface area contributed by atoms with E-state index < -0.39 is 15.5 Å². The van der Waals surface area contributed by atoms with Crippen LogP contribution in [-0.4, -0.2) is 82.0 Å². The number of guanidine groups is 1. The third kappa shape index (κ3) is 7.43. The monoisotopic (exact) mass is 501 g/mol. The fourth-order valence-electron chi connectivity index (χ4n) is 2.30. The van der Waals surface area contributed by atoms with E-state index in [0.717, 1.165) is 13.1 Å². The maximum atomic E-state index is 12.5. The summed E-state index contributed by atoms with van der Waals surface area (Å²) in [5, 5.41) is 6.26. The van der Waals surface area contributed by atoms with Crippen LogP contribution in [0.4, 0.5) is 13.2 Å². The average molecular weight is 501 g/mol. The Morgan fingerprint density at radius 3 is 2.32 bits per heavy atom. The molecule has 1 fully saturated rings. The molecule has 1 saturated heterocycles. The first-order valence-corrected chi connectivity index (χ1v) is 9.28. The Labute approximate surface area is 164 Å². The molecule has 0 amide bonds. The molecule has 0 unspecified atom stereocenters. The Morgan fingerprint density at radius 2 is 1.88 bits per heavy atom. The van der Waals surface area contributed by atoms with E-state index >= 15 is 0 Å². The molecule has 1 rings (SSSR count). The second-order valence-corrected chi connectivity index (χ2v) is 7.59. The van der Waals surface area contributed by atoms with Gasteiger partial charge in [-0.2, -0.15) is 17.5 Å². The predicted octanol–water partition coefficient (Wildman–Crippen LogP) is 1.04. The molecule has 0 atom stereocenters. The molecule has 0 aromatic carbocycles. The molecule has 0 radical (unpaired) electrons. The van der Waals surface area contributed by atoms with Crippen molar-refractivity contribution >= 4 is 40.0 Å². The van der Waals surface area contributed by atoms with Gasteiger partial charge in [0, 0.05) is 39.3 Å². The lowest BCUT2D eigenvalue weighted by Crippen LogP contribution is -2.52. The largest absolute Gasteiger partial charge is 0.511 e. The normalized spacial score (nSPS) is 18.1. The first-order chi connectivity index (χ1) is 11.1. The van der Waals surface area contributed by atoms with Crippen LogP contribution in [0, 0.1) is 0 Å². The minimum Gasteiger partial charge on any atom is -0.355 e. The van der Waals surface area contributed by atoms with Gasteiger partial charge in [0.15, 0.2) is 5.96 Å². The molecule has 25 heavy (non-hydrogen) atoms. The van der Waals surface area contributed by atoms with Gasteiger partial charge in [-0.3, -0.25) is 4.99 Å². The maximum absolute atomic E-state index is 12.5. The third-order valence-electron chi connectivity index (χ3n) is 3.98.